The van der Waals surface area contributed by atoms with Gasteiger partial charge in [-0.1, -0.05) is 12.1 Å². The van der Waals surface area contributed by atoms with Crippen LogP contribution in [0.15, 0.2) is 52.7 Å². The predicted octanol–water partition coefficient (Wildman–Crippen LogP) is 3.13. The molecule has 0 spiro atoms. The number of sulfonamides is 1. The SMILES string of the molecule is COc1ccc(OC)c(Cc2csc(N3CCN(S(=O)(=O)c4ccccc4C#N)CC3)n2)c1. The van der Waals surface area contributed by atoms with Crippen molar-refractivity contribution in [2.24, 2.45) is 0 Å². The monoisotopic (exact) mass is 484 g/mol. The second-order valence-electron chi connectivity index (χ2n) is 7.48. The molecule has 1 aliphatic heterocycles. The molecule has 4 rings (SSSR count). The largest absolute Gasteiger partial charge is 0.497 e. The van der Waals surface area contributed by atoms with Gasteiger partial charge >= 0.3 is 0 Å². The van der Waals surface area contributed by atoms with Crippen LogP contribution in [0, 0.1) is 11.3 Å². The fourth-order valence-corrected chi connectivity index (χ4v) is 6.22. The molecule has 1 saturated heterocycles. The first kappa shape index (κ1) is 23.0. The van der Waals surface area contributed by atoms with E-state index in [1.54, 1.807) is 37.7 Å². The molecule has 0 amide bonds. The van der Waals surface area contributed by atoms with E-state index in [0.717, 1.165) is 27.9 Å². The van der Waals surface area contributed by atoms with Gasteiger partial charge in [0.25, 0.3) is 0 Å². The van der Waals surface area contributed by atoms with Crippen LogP contribution < -0.4 is 14.4 Å². The highest BCUT2D eigenvalue weighted by molar-refractivity contribution is 7.89. The first-order valence-electron chi connectivity index (χ1n) is 10.4. The minimum atomic E-state index is -3.72. The van der Waals surface area contributed by atoms with E-state index < -0.39 is 10.0 Å². The Kier molecular flexibility index (Phi) is 6.83. The average Bonchev–Trinajstić information content (AvgIpc) is 3.32. The molecule has 10 heteroatoms. The van der Waals surface area contributed by atoms with Crippen molar-refractivity contribution in [2.45, 2.75) is 11.3 Å². The molecule has 2 heterocycles. The summed E-state index contributed by atoms with van der Waals surface area (Å²) in [5, 5.41) is 12.2. The van der Waals surface area contributed by atoms with E-state index in [1.807, 2.05) is 29.6 Å². The summed E-state index contributed by atoms with van der Waals surface area (Å²) in [4.78, 5) is 6.93. The van der Waals surface area contributed by atoms with Gasteiger partial charge in [-0.05, 0) is 30.3 Å². The summed E-state index contributed by atoms with van der Waals surface area (Å²) in [6.07, 6.45) is 0.607. The van der Waals surface area contributed by atoms with Crippen LogP contribution in [-0.2, 0) is 16.4 Å². The Morgan fingerprint density at radius 1 is 1.09 bits per heavy atom. The molecule has 0 aliphatic carbocycles. The van der Waals surface area contributed by atoms with Crippen molar-refractivity contribution in [2.75, 3.05) is 45.3 Å². The van der Waals surface area contributed by atoms with Crippen LogP contribution in [0.1, 0.15) is 16.8 Å². The molecule has 0 saturated carbocycles. The van der Waals surface area contributed by atoms with E-state index >= 15 is 0 Å². The number of thiazole rings is 1. The fourth-order valence-electron chi connectivity index (χ4n) is 3.78. The molecule has 2 aromatic carbocycles. The highest BCUT2D eigenvalue weighted by Crippen LogP contribution is 2.29. The van der Waals surface area contributed by atoms with E-state index in [2.05, 4.69) is 4.90 Å². The summed E-state index contributed by atoms with van der Waals surface area (Å²) in [5.41, 5.74) is 2.07. The number of hydrogen-bond acceptors (Lipinski definition) is 8. The molecule has 0 unspecified atom stereocenters. The van der Waals surface area contributed by atoms with Crippen molar-refractivity contribution < 1.29 is 17.9 Å². The molecular weight excluding hydrogens is 460 g/mol. The Bertz CT molecular complexity index is 1280. The van der Waals surface area contributed by atoms with Gasteiger partial charge in [0.1, 0.15) is 17.6 Å². The highest BCUT2D eigenvalue weighted by Gasteiger charge is 2.31. The normalized spacial score (nSPS) is 14.6. The lowest BCUT2D eigenvalue weighted by atomic mass is 10.1. The van der Waals surface area contributed by atoms with Crippen molar-refractivity contribution in [3.63, 3.8) is 0 Å². The molecule has 1 aromatic heterocycles. The summed E-state index contributed by atoms with van der Waals surface area (Å²) in [7, 11) is -0.449. The lowest BCUT2D eigenvalue weighted by Gasteiger charge is -2.33. The number of piperazine rings is 1. The van der Waals surface area contributed by atoms with Crippen molar-refractivity contribution in [3.05, 3.63) is 64.7 Å². The number of nitrogens with zero attached hydrogens (tertiary/aromatic N) is 4. The molecule has 3 aromatic rings. The molecule has 172 valence electrons. The third-order valence-electron chi connectivity index (χ3n) is 5.53. The number of nitriles is 1. The van der Waals surface area contributed by atoms with Gasteiger partial charge in [0.15, 0.2) is 5.13 Å². The van der Waals surface area contributed by atoms with Gasteiger partial charge in [-0.25, -0.2) is 13.4 Å². The maximum Gasteiger partial charge on any atom is 0.244 e. The van der Waals surface area contributed by atoms with E-state index in [-0.39, 0.29) is 10.5 Å². The van der Waals surface area contributed by atoms with E-state index in [0.29, 0.717) is 32.6 Å². The topological polar surface area (TPSA) is 95.8 Å². The standard InChI is InChI=1S/C23H24N4O4S2/c1-30-20-7-8-21(31-2)18(14-20)13-19-16-32-23(25-19)26-9-11-27(12-10-26)33(28,29)22-6-4-3-5-17(22)15-24/h3-8,14,16H,9-13H2,1-2H3. The van der Waals surface area contributed by atoms with Crippen molar-refractivity contribution >= 4 is 26.5 Å². The Morgan fingerprint density at radius 3 is 2.55 bits per heavy atom. The Labute approximate surface area is 197 Å². The van der Waals surface area contributed by atoms with Crippen LogP contribution >= 0.6 is 11.3 Å². The third kappa shape index (κ3) is 4.80. The summed E-state index contributed by atoms with van der Waals surface area (Å²) in [5.74, 6) is 1.54. The van der Waals surface area contributed by atoms with Gasteiger partial charge in [-0.3, -0.25) is 0 Å². The van der Waals surface area contributed by atoms with Crippen molar-refractivity contribution in [1.29, 1.82) is 5.26 Å². The summed E-state index contributed by atoms with van der Waals surface area (Å²) < 4.78 is 38.3. The van der Waals surface area contributed by atoms with Crippen LogP contribution in [0.4, 0.5) is 5.13 Å². The summed E-state index contributed by atoms with van der Waals surface area (Å²) >= 11 is 1.54. The molecule has 1 fully saturated rings. The maximum atomic E-state index is 13.1. The van der Waals surface area contributed by atoms with E-state index in [9.17, 15) is 13.7 Å². The Hall–Kier alpha value is -3.13. The highest BCUT2D eigenvalue weighted by atomic mass is 32.2. The molecule has 0 bridgehead atoms. The van der Waals surface area contributed by atoms with E-state index in [4.69, 9.17) is 14.5 Å². The smallest absolute Gasteiger partial charge is 0.244 e. The number of benzene rings is 2. The second-order valence-corrected chi connectivity index (χ2v) is 10.2. The second kappa shape index (κ2) is 9.79. The molecule has 0 radical (unpaired) electrons. The minimum Gasteiger partial charge on any atom is -0.497 e. The van der Waals surface area contributed by atoms with Gasteiger partial charge in [0, 0.05) is 43.5 Å². The number of aromatic nitrogens is 1. The van der Waals surface area contributed by atoms with Crippen LogP contribution in [0.25, 0.3) is 0 Å². The zero-order valence-electron chi connectivity index (χ0n) is 18.4. The van der Waals surface area contributed by atoms with Crippen LogP contribution in [-0.4, -0.2) is 58.1 Å². The summed E-state index contributed by atoms with van der Waals surface area (Å²) in [6.45, 7) is 1.73. The molecule has 8 nitrogen and oxygen atoms in total. The quantitative estimate of drug-likeness (QED) is 0.508. The zero-order valence-corrected chi connectivity index (χ0v) is 20.0. The minimum absolute atomic E-state index is 0.0599. The predicted molar refractivity (Wildman–Crippen MR) is 127 cm³/mol. The number of methoxy groups -OCH3 is 2. The maximum absolute atomic E-state index is 13.1. The molecule has 0 atom stereocenters. The van der Waals surface area contributed by atoms with Gasteiger partial charge in [0.05, 0.1) is 30.4 Å². The average molecular weight is 485 g/mol. The van der Waals surface area contributed by atoms with E-state index in [1.165, 1.54) is 16.4 Å². The Morgan fingerprint density at radius 2 is 1.85 bits per heavy atom. The van der Waals surface area contributed by atoms with Crippen LogP contribution in [0.2, 0.25) is 0 Å². The first-order chi connectivity index (χ1) is 16.0. The molecule has 33 heavy (non-hydrogen) atoms. The molecule has 1 aliphatic rings. The zero-order chi connectivity index (χ0) is 23.4. The summed E-state index contributed by atoms with van der Waals surface area (Å²) in [6, 6.07) is 14.0. The van der Waals surface area contributed by atoms with Gasteiger partial charge in [-0.2, -0.15) is 9.57 Å². The van der Waals surface area contributed by atoms with Crippen molar-refractivity contribution in [3.8, 4) is 17.6 Å². The van der Waals surface area contributed by atoms with Crippen LogP contribution in [0.5, 0.6) is 11.5 Å². The first-order valence-corrected chi connectivity index (χ1v) is 12.7. The molecule has 0 N–H and O–H groups in total. The number of ether oxygens (including phenoxy) is 2. The number of hydrogen-bond donors (Lipinski definition) is 0. The van der Waals surface area contributed by atoms with Crippen LogP contribution in [0.3, 0.4) is 0 Å². The third-order valence-corrected chi connectivity index (χ3v) is 8.44. The lowest BCUT2D eigenvalue weighted by molar-refractivity contribution is 0.384. The lowest BCUT2D eigenvalue weighted by Crippen LogP contribution is -2.48. The Balaban J connectivity index is 1.44. The molecular formula is C23H24N4O4S2. The van der Waals surface area contributed by atoms with Gasteiger partial charge < -0.3 is 14.4 Å². The van der Waals surface area contributed by atoms with Gasteiger partial charge in [-0.15, -0.1) is 11.3 Å². The fraction of sp³-hybridized carbons (Fsp3) is 0.304. The number of anilines is 1. The van der Waals surface area contributed by atoms with Gasteiger partial charge in [0.2, 0.25) is 10.0 Å². The number of rotatable bonds is 7. The van der Waals surface area contributed by atoms with Crippen molar-refractivity contribution in [1.82, 2.24) is 9.29 Å².